The van der Waals surface area contributed by atoms with Crippen molar-refractivity contribution in [3.63, 3.8) is 0 Å². The number of benzene rings is 2. The third-order valence-electron chi connectivity index (χ3n) is 4.75. The van der Waals surface area contributed by atoms with Gasteiger partial charge >= 0.3 is 0 Å². The molecule has 0 spiro atoms. The fraction of sp³-hybridized carbons (Fsp3) is 0.174. The monoisotopic (exact) mass is 406 g/mol. The summed E-state index contributed by atoms with van der Waals surface area (Å²) in [5, 5.41) is 2.70. The van der Waals surface area contributed by atoms with Gasteiger partial charge in [-0.3, -0.25) is 4.79 Å². The van der Waals surface area contributed by atoms with Gasteiger partial charge in [0.1, 0.15) is 23.0 Å². The van der Waals surface area contributed by atoms with E-state index in [1.165, 1.54) is 24.3 Å². The number of nitrogens with one attached hydrogen (secondary N) is 1. The number of rotatable bonds is 7. The summed E-state index contributed by atoms with van der Waals surface area (Å²) in [7, 11) is 0. The Balaban J connectivity index is 1.45. The maximum Gasteiger partial charge on any atom is 0.224 e. The molecule has 0 saturated carbocycles. The number of hydrogen-bond donors (Lipinski definition) is 1. The van der Waals surface area contributed by atoms with Crippen molar-refractivity contribution in [1.29, 1.82) is 0 Å². The van der Waals surface area contributed by atoms with Gasteiger partial charge in [0.2, 0.25) is 5.91 Å². The van der Waals surface area contributed by atoms with Gasteiger partial charge in [-0.15, -0.1) is 0 Å². The number of anilines is 1. The minimum Gasteiger partial charge on any atom is -0.326 e. The molecule has 7 heteroatoms. The lowest BCUT2D eigenvalue weighted by atomic mass is 10.2. The first-order valence-corrected chi connectivity index (χ1v) is 9.68. The van der Waals surface area contributed by atoms with Gasteiger partial charge < -0.3 is 9.88 Å². The van der Waals surface area contributed by atoms with Gasteiger partial charge in [0, 0.05) is 24.7 Å². The lowest BCUT2D eigenvalue weighted by molar-refractivity contribution is -0.116. The molecule has 4 rings (SSSR count). The number of fused-ring (bicyclic) bond motifs is 1. The average molecular weight is 406 g/mol. The van der Waals surface area contributed by atoms with E-state index >= 15 is 0 Å². The first-order chi connectivity index (χ1) is 14.6. The first kappa shape index (κ1) is 19.7. The summed E-state index contributed by atoms with van der Waals surface area (Å²) >= 11 is 0. The van der Waals surface area contributed by atoms with Crippen LogP contribution in [0.25, 0.3) is 11.2 Å². The van der Waals surface area contributed by atoms with Gasteiger partial charge in [-0.05, 0) is 54.4 Å². The molecule has 0 aliphatic heterocycles. The lowest BCUT2D eigenvalue weighted by Crippen LogP contribution is -2.12. The van der Waals surface area contributed by atoms with Crippen molar-refractivity contribution in [3.05, 3.63) is 89.9 Å². The Morgan fingerprint density at radius 2 is 1.83 bits per heavy atom. The Hall–Kier alpha value is -3.61. The Bertz CT molecular complexity index is 1170. The van der Waals surface area contributed by atoms with E-state index in [0.29, 0.717) is 25.1 Å². The molecule has 0 aliphatic rings. The summed E-state index contributed by atoms with van der Waals surface area (Å²) in [6.07, 6.45) is 3.15. The molecular formula is C23H20F2N4O. The van der Waals surface area contributed by atoms with Crippen LogP contribution in [0.3, 0.4) is 0 Å². The lowest BCUT2D eigenvalue weighted by Gasteiger charge is -2.09. The van der Waals surface area contributed by atoms with E-state index < -0.39 is 5.82 Å². The first-order valence-electron chi connectivity index (χ1n) is 9.68. The topological polar surface area (TPSA) is 59.8 Å². The number of carbonyl (C=O) groups is 1. The zero-order valence-corrected chi connectivity index (χ0v) is 16.2. The molecule has 1 amide bonds. The summed E-state index contributed by atoms with van der Waals surface area (Å²) < 4.78 is 28.5. The number of imidazole rings is 1. The zero-order chi connectivity index (χ0) is 20.9. The predicted octanol–water partition coefficient (Wildman–Crippen LogP) is 4.72. The van der Waals surface area contributed by atoms with Crippen LogP contribution < -0.4 is 5.32 Å². The molecule has 1 N–H and O–H groups in total. The van der Waals surface area contributed by atoms with E-state index in [9.17, 15) is 13.6 Å². The molecule has 0 fully saturated rings. The van der Waals surface area contributed by atoms with Crippen LogP contribution in [-0.2, 0) is 17.8 Å². The highest BCUT2D eigenvalue weighted by atomic mass is 19.1. The van der Waals surface area contributed by atoms with Crippen LogP contribution in [-0.4, -0.2) is 20.4 Å². The SMILES string of the molecule is O=C(CCCc1nc2cccnc2n1Cc1ccc(F)cc1)Nc1cccc(F)c1. The van der Waals surface area contributed by atoms with Crippen molar-refractivity contribution in [3.8, 4) is 0 Å². The third kappa shape index (κ3) is 4.68. The molecule has 0 saturated heterocycles. The van der Waals surface area contributed by atoms with E-state index in [1.807, 2.05) is 16.7 Å². The fourth-order valence-electron chi connectivity index (χ4n) is 3.33. The highest BCUT2D eigenvalue weighted by Crippen LogP contribution is 2.18. The van der Waals surface area contributed by atoms with Crippen LogP contribution in [0.4, 0.5) is 14.5 Å². The number of amides is 1. The fourth-order valence-corrected chi connectivity index (χ4v) is 3.33. The number of hydrogen-bond acceptors (Lipinski definition) is 3. The molecule has 152 valence electrons. The summed E-state index contributed by atoms with van der Waals surface area (Å²) in [6, 6.07) is 15.9. The molecule has 0 atom stereocenters. The smallest absolute Gasteiger partial charge is 0.224 e. The van der Waals surface area contributed by atoms with Crippen molar-refractivity contribution in [1.82, 2.24) is 14.5 Å². The molecule has 2 aromatic heterocycles. The highest BCUT2D eigenvalue weighted by molar-refractivity contribution is 5.90. The average Bonchev–Trinajstić information content (AvgIpc) is 3.07. The van der Waals surface area contributed by atoms with Gasteiger partial charge in [-0.2, -0.15) is 0 Å². The van der Waals surface area contributed by atoms with Gasteiger partial charge in [-0.1, -0.05) is 18.2 Å². The molecule has 2 heterocycles. The second-order valence-corrected chi connectivity index (χ2v) is 7.00. The van der Waals surface area contributed by atoms with Crippen molar-refractivity contribution in [2.24, 2.45) is 0 Å². The number of aryl methyl sites for hydroxylation is 1. The van der Waals surface area contributed by atoms with Crippen molar-refractivity contribution in [2.45, 2.75) is 25.8 Å². The van der Waals surface area contributed by atoms with E-state index in [-0.39, 0.29) is 18.1 Å². The maximum atomic E-state index is 13.2. The number of nitrogens with zero attached hydrogens (tertiary/aromatic N) is 3. The standard InChI is InChI=1S/C23H20F2N4O/c24-17-11-9-16(10-12-17)15-29-21(28-20-6-3-13-26-23(20)29)7-2-8-22(30)27-19-5-1-4-18(25)14-19/h1,3-6,9-14H,2,7-8,15H2,(H,27,30). The molecule has 5 nitrogen and oxygen atoms in total. The van der Waals surface area contributed by atoms with E-state index in [0.717, 1.165) is 22.6 Å². The Kier molecular flexibility index (Phi) is 5.79. The molecule has 30 heavy (non-hydrogen) atoms. The van der Waals surface area contributed by atoms with Gasteiger partial charge in [0.05, 0.1) is 6.54 Å². The van der Waals surface area contributed by atoms with Crippen LogP contribution in [0.1, 0.15) is 24.2 Å². The highest BCUT2D eigenvalue weighted by Gasteiger charge is 2.13. The third-order valence-corrected chi connectivity index (χ3v) is 4.75. The van der Waals surface area contributed by atoms with Gasteiger partial charge in [-0.25, -0.2) is 18.7 Å². The minimum atomic E-state index is -0.394. The molecular weight excluding hydrogens is 386 g/mol. The van der Waals surface area contributed by atoms with Gasteiger partial charge in [0.25, 0.3) is 0 Å². The van der Waals surface area contributed by atoms with Crippen LogP contribution in [0.2, 0.25) is 0 Å². The van der Waals surface area contributed by atoms with E-state index in [1.54, 1.807) is 30.5 Å². The molecule has 2 aromatic carbocycles. The normalized spacial score (nSPS) is 11.0. The second-order valence-electron chi connectivity index (χ2n) is 7.00. The number of pyridine rings is 1. The Labute approximate surface area is 172 Å². The van der Waals surface area contributed by atoms with E-state index in [4.69, 9.17) is 0 Å². The van der Waals surface area contributed by atoms with Crippen LogP contribution in [0, 0.1) is 11.6 Å². The summed E-state index contributed by atoms with van der Waals surface area (Å²) in [5.74, 6) is -0.0433. The molecule has 0 aliphatic carbocycles. The van der Waals surface area contributed by atoms with Crippen LogP contribution >= 0.6 is 0 Å². The van der Waals surface area contributed by atoms with Crippen molar-refractivity contribution >= 4 is 22.8 Å². The Morgan fingerprint density at radius 1 is 1.00 bits per heavy atom. The zero-order valence-electron chi connectivity index (χ0n) is 16.2. The Morgan fingerprint density at radius 3 is 2.63 bits per heavy atom. The summed E-state index contributed by atoms with van der Waals surface area (Å²) in [5.41, 5.74) is 2.90. The molecule has 0 bridgehead atoms. The second kappa shape index (κ2) is 8.82. The maximum absolute atomic E-state index is 13.2. The van der Waals surface area contributed by atoms with Crippen LogP contribution in [0.5, 0.6) is 0 Å². The molecule has 4 aromatic rings. The number of aromatic nitrogens is 3. The van der Waals surface area contributed by atoms with E-state index in [2.05, 4.69) is 15.3 Å². The largest absolute Gasteiger partial charge is 0.326 e. The van der Waals surface area contributed by atoms with Crippen molar-refractivity contribution in [2.75, 3.05) is 5.32 Å². The summed E-state index contributed by atoms with van der Waals surface area (Å²) in [4.78, 5) is 21.3. The van der Waals surface area contributed by atoms with Crippen molar-refractivity contribution < 1.29 is 13.6 Å². The van der Waals surface area contributed by atoms with Crippen LogP contribution in [0.15, 0.2) is 66.9 Å². The molecule has 0 unspecified atom stereocenters. The molecule has 0 radical (unpaired) electrons. The number of carbonyl (C=O) groups excluding carboxylic acids is 1. The predicted molar refractivity (Wildman–Crippen MR) is 111 cm³/mol. The quantitative estimate of drug-likeness (QED) is 0.483. The van der Waals surface area contributed by atoms with Gasteiger partial charge in [0.15, 0.2) is 5.65 Å². The minimum absolute atomic E-state index is 0.181. The number of halogens is 2. The summed E-state index contributed by atoms with van der Waals surface area (Å²) in [6.45, 7) is 0.513.